The summed E-state index contributed by atoms with van der Waals surface area (Å²) >= 11 is 0. The number of aryl methyl sites for hydroxylation is 2. The summed E-state index contributed by atoms with van der Waals surface area (Å²) in [6, 6.07) is 13.0. The Hall–Kier alpha value is -2.44. The molecule has 0 bridgehead atoms. The zero-order valence-corrected chi connectivity index (χ0v) is 15.1. The zero-order chi connectivity index (χ0) is 17.9. The fourth-order valence-corrected chi connectivity index (χ4v) is 3.60. The van der Waals surface area contributed by atoms with Crippen molar-refractivity contribution < 1.29 is 8.42 Å². The van der Waals surface area contributed by atoms with Crippen LogP contribution >= 0.6 is 0 Å². The summed E-state index contributed by atoms with van der Waals surface area (Å²) in [6.07, 6.45) is 5.42. The first-order chi connectivity index (χ1) is 11.9. The van der Waals surface area contributed by atoms with Crippen LogP contribution in [0, 0.1) is 13.8 Å². The van der Waals surface area contributed by atoms with E-state index in [1.165, 1.54) is 0 Å². The molecule has 3 rings (SSSR count). The van der Waals surface area contributed by atoms with E-state index in [-0.39, 0.29) is 6.54 Å². The predicted octanol–water partition coefficient (Wildman–Crippen LogP) is 3.03. The molecule has 1 aromatic heterocycles. The summed E-state index contributed by atoms with van der Waals surface area (Å²) in [7, 11) is -3.51. The van der Waals surface area contributed by atoms with E-state index in [2.05, 4.69) is 9.71 Å². The Bertz CT molecular complexity index is 947. The molecule has 0 unspecified atom stereocenters. The number of aromatic nitrogens is 2. The summed E-state index contributed by atoms with van der Waals surface area (Å²) in [6.45, 7) is 4.88. The van der Waals surface area contributed by atoms with Gasteiger partial charge in [-0.15, -0.1) is 0 Å². The van der Waals surface area contributed by atoms with Crippen molar-refractivity contribution in [3.05, 3.63) is 83.4 Å². The molecule has 5 nitrogen and oxygen atoms in total. The van der Waals surface area contributed by atoms with E-state index in [1.807, 2.05) is 54.9 Å². The van der Waals surface area contributed by atoms with Crippen molar-refractivity contribution in [3.63, 3.8) is 0 Å². The summed E-state index contributed by atoms with van der Waals surface area (Å²) in [4.78, 5) is 4.32. The summed E-state index contributed by atoms with van der Waals surface area (Å²) in [5, 5.41) is 0. The van der Waals surface area contributed by atoms with Crippen LogP contribution in [0.25, 0.3) is 0 Å². The number of sulfonamides is 1. The van der Waals surface area contributed by atoms with Gasteiger partial charge in [-0.3, -0.25) is 0 Å². The maximum absolute atomic E-state index is 12.4. The SMILES string of the molecule is Cc1ccc(S(=O)(=O)NCc2ccc(Cn3ccnc3)cc2)cc1C. The lowest BCUT2D eigenvalue weighted by atomic mass is 10.1. The van der Waals surface area contributed by atoms with Crippen LogP contribution in [0.2, 0.25) is 0 Å². The largest absolute Gasteiger partial charge is 0.333 e. The molecule has 0 radical (unpaired) electrons. The molecule has 0 aliphatic heterocycles. The van der Waals surface area contributed by atoms with Gasteiger partial charge < -0.3 is 4.57 Å². The van der Waals surface area contributed by atoms with Crippen LogP contribution < -0.4 is 4.72 Å². The van der Waals surface area contributed by atoms with Gasteiger partial charge in [-0.1, -0.05) is 30.3 Å². The van der Waals surface area contributed by atoms with Crippen LogP contribution in [0.5, 0.6) is 0 Å². The number of nitrogens with zero attached hydrogens (tertiary/aromatic N) is 2. The Kier molecular flexibility index (Phi) is 5.01. The Morgan fingerprint density at radius 1 is 1.00 bits per heavy atom. The number of hydrogen-bond acceptors (Lipinski definition) is 3. The summed E-state index contributed by atoms with van der Waals surface area (Å²) in [5.41, 5.74) is 4.10. The standard InChI is InChI=1S/C19H21N3O2S/c1-15-3-8-19(11-16(15)2)25(23,24)21-12-17-4-6-18(7-5-17)13-22-10-9-20-14-22/h3-11,14,21H,12-13H2,1-2H3. The zero-order valence-electron chi connectivity index (χ0n) is 14.3. The van der Waals surface area contributed by atoms with Crippen LogP contribution in [0.3, 0.4) is 0 Å². The molecule has 1 N–H and O–H groups in total. The van der Waals surface area contributed by atoms with Crippen molar-refractivity contribution >= 4 is 10.0 Å². The average molecular weight is 355 g/mol. The lowest BCUT2D eigenvalue weighted by Gasteiger charge is -2.09. The van der Waals surface area contributed by atoms with Crippen molar-refractivity contribution in [2.75, 3.05) is 0 Å². The van der Waals surface area contributed by atoms with Crippen molar-refractivity contribution in [2.24, 2.45) is 0 Å². The maximum Gasteiger partial charge on any atom is 0.240 e. The first kappa shape index (κ1) is 17.4. The van der Waals surface area contributed by atoms with Gasteiger partial charge in [0, 0.05) is 25.5 Å². The molecule has 0 amide bonds. The minimum atomic E-state index is -3.51. The molecule has 0 aliphatic rings. The van der Waals surface area contributed by atoms with Gasteiger partial charge in [-0.05, 0) is 48.2 Å². The van der Waals surface area contributed by atoms with Crippen LogP contribution in [-0.2, 0) is 23.1 Å². The van der Waals surface area contributed by atoms with E-state index in [0.717, 1.165) is 28.8 Å². The van der Waals surface area contributed by atoms with Gasteiger partial charge in [-0.25, -0.2) is 18.1 Å². The van der Waals surface area contributed by atoms with Crippen LogP contribution in [0.15, 0.2) is 66.1 Å². The molecule has 130 valence electrons. The Morgan fingerprint density at radius 2 is 1.72 bits per heavy atom. The summed E-state index contributed by atoms with van der Waals surface area (Å²) in [5.74, 6) is 0. The molecular formula is C19H21N3O2S. The van der Waals surface area contributed by atoms with Crippen LogP contribution in [-0.4, -0.2) is 18.0 Å². The van der Waals surface area contributed by atoms with Crippen molar-refractivity contribution in [1.82, 2.24) is 14.3 Å². The molecule has 3 aromatic rings. The van der Waals surface area contributed by atoms with Gasteiger partial charge >= 0.3 is 0 Å². The molecule has 0 spiro atoms. The smallest absolute Gasteiger partial charge is 0.240 e. The minimum Gasteiger partial charge on any atom is -0.333 e. The normalized spacial score (nSPS) is 11.6. The lowest BCUT2D eigenvalue weighted by molar-refractivity contribution is 0.581. The number of nitrogens with one attached hydrogen (secondary N) is 1. The first-order valence-corrected chi connectivity index (χ1v) is 9.53. The van der Waals surface area contributed by atoms with Gasteiger partial charge in [0.05, 0.1) is 11.2 Å². The molecule has 0 saturated carbocycles. The predicted molar refractivity (Wildman–Crippen MR) is 97.7 cm³/mol. The van der Waals surface area contributed by atoms with Gasteiger partial charge in [0.15, 0.2) is 0 Å². The molecule has 25 heavy (non-hydrogen) atoms. The molecule has 0 aliphatic carbocycles. The molecule has 6 heteroatoms. The molecular weight excluding hydrogens is 334 g/mol. The van der Waals surface area contributed by atoms with E-state index in [1.54, 1.807) is 24.7 Å². The van der Waals surface area contributed by atoms with E-state index in [0.29, 0.717) is 4.90 Å². The Balaban J connectivity index is 1.65. The number of imidazole rings is 1. The van der Waals surface area contributed by atoms with Gasteiger partial charge in [0.2, 0.25) is 10.0 Å². The van der Waals surface area contributed by atoms with Gasteiger partial charge in [0.25, 0.3) is 0 Å². The highest BCUT2D eigenvalue weighted by molar-refractivity contribution is 7.89. The molecule has 0 atom stereocenters. The van der Waals surface area contributed by atoms with E-state index < -0.39 is 10.0 Å². The van der Waals surface area contributed by atoms with Crippen molar-refractivity contribution in [2.45, 2.75) is 31.8 Å². The topological polar surface area (TPSA) is 64.0 Å². The quantitative estimate of drug-likeness (QED) is 0.739. The Labute approximate surface area is 148 Å². The van der Waals surface area contributed by atoms with Gasteiger partial charge in [-0.2, -0.15) is 0 Å². The highest BCUT2D eigenvalue weighted by Gasteiger charge is 2.14. The Morgan fingerprint density at radius 3 is 2.36 bits per heavy atom. The fourth-order valence-electron chi connectivity index (χ4n) is 2.50. The minimum absolute atomic E-state index is 0.264. The molecule has 0 fully saturated rings. The number of rotatable bonds is 6. The van der Waals surface area contributed by atoms with Gasteiger partial charge in [0.1, 0.15) is 0 Å². The lowest BCUT2D eigenvalue weighted by Crippen LogP contribution is -2.23. The monoisotopic (exact) mass is 355 g/mol. The third-order valence-corrected chi connectivity index (χ3v) is 5.60. The second-order valence-electron chi connectivity index (χ2n) is 6.12. The number of hydrogen-bond donors (Lipinski definition) is 1. The van der Waals surface area contributed by atoms with Crippen molar-refractivity contribution in [3.8, 4) is 0 Å². The molecule has 0 saturated heterocycles. The second-order valence-corrected chi connectivity index (χ2v) is 7.89. The fraction of sp³-hybridized carbons (Fsp3) is 0.211. The second kappa shape index (κ2) is 7.21. The number of benzene rings is 2. The maximum atomic E-state index is 12.4. The van der Waals surface area contributed by atoms with E-state index in [9.17, 15) is 8.42 Å². The van der Waals surface area contributed by atoms with Crippen LogP contribution in [0.4, 0.5) is 0 Å². The third kappa shape index (κ3) is 4.35. The van der Waals surface area contributed by atoms with E-state index in [4.69, 9.17) is 0 Å². The van der Waals surface area contributed by atoms with Crippen LogP contribution in [0.1, 0.15) is 22.3 Å². The average Bonchev–Trinajstić information content (AvgIpc) is 3.10. The molecule has 1 heterocycles. The third-order valence-electron chi connectivity index (χ3n) is 4.20. The van der Waals surface area contributed by atoms with Crippen molar-refractivity contribution in [1.29, 1.82) is 0 Å². The first-order valence-electron chi connectivity index (χ1n) is 8.04. The summed E-state index contributed by atoms with van der Waals surface area (Å²) < 4.78 is 29.5. The van der Waals surface area contributed by atoms with E-state index >= 15 is 0 Å². The molecule has 2 aromatic carbocycles. The highest BCUT2D eigenvalue weighted by Crippen LogP contribution is 2.15. The highest BCUT2D eigenvalue weighted by atomic mass is 32.2.